The van der Waals surface area contributed by atoms with Crippen LogP contribution in [0.15, 0.2) is 43.1 Å². The number of anilines is 2. The van der Waals surface area contributed by atoms with Crippen LogP contribution in [0.3, 0.4) is 0 Å². The van der Waals surface area contributed by atoms with Crippen LogP contribution < -0.4 is 11.1 Å². The molecule has 0 aliphatic heterocycles. The van der Waals surface area contributed by atoms with Gasteiger partial charge in [0.25, 0.3) is 0 Å². The third-order valence-corrected chi connectivity index (χ3v) is 4.43. The number of hydrogen-bond acceptors (Lipinski definition) is 6. The lowest BCUT2D eigenvalue weighted by Crippen LogP contribution is -2.18. The SMILES string of the molecule is Nc1nc2cc(-c3cnn(CC(=O)Nc4cnn(C5CC5)c4)c3)ccn2n1. The van der Waals surface area contributed by atoms with Gasteiger partial charge in [-0.2, -0.15) is 15.2 Å². The molecule has 0 bridgehead atoms. The molecule has 0 aromatic carbocycles. The van der Waals surface area contributed by atoms with E-state index < -0.39 is 0 Å². The van der Waals surface area contributed by atoms with E-state index in [0.29, 0.717) is 17.4 Å². The number of amides is 1. The van der Waals surface area contributed by atoms with Crippen molar-refractivity contribution in [2.24, 2.45) is 0 Å². The van der Waals surface area contributed by atoms with Gasteiger partial charge in [-0.1, -0.05) is 0 Å². The molecule has 136 valence electrons. The number of carbonyl (C=O) groups excluding carboxylic acids is 1. The number of fused-ring (bicyclic) bond motifs is 1. The Bertz CT molecular complexity index is 1130. The third kappa shape index (κ3) is 3.12. The van der Waals surface area contributed by atoms with Gasteiger partial charge in [-0.3, -0.25) is 14.2 Å². The number of carbonyl (C=O) groups is 1. The highest BCUT2D eigenvalue weighted by atomic mass is 16.2. The van der Waals surface area contributed by atoms with Crippen molar-refractivity contribution in [2.75, 3.05) is 11.1 Å². The van der Waals surface area contributed by atoms with Crippen LogP contribution in [0.25, 0.3) is 16.8 Å². The quantitative estimate of drug-likeness (QED) is 0.552. The third-order valence-electron chi connectivity index (χ3n) is 4.43. The Kier molecular flexibility index (Phi) is 3.42. The normalized spacial score (nSPS) is 13.9. The maximum absolute atomic E-state index is 12.3. The maximum atomic E-state index is 12.3. The summed E-state index contributed by atoms with van der Waals surface area (Å²) in [5.74, 6) is 0.0743. The summed E-state index contributed by atoms with van der Waals surface area (Å²) >= 11 is 0. The maximum Gasteiger partial charge on any atom is 0.246 e. The largest absolute Gasteiger partial charge is 0.366 e. The predicted octanol–water partition coefficient (Wildman–Crippen LogP) is 1.35. The van der Waals surface area contributed by atoms with Gasteiger partial charge < -0.3 is 11.1 Å². The fraction of sp³-hybridized carbons (Fsp3) is 0.235. The highest BCUT2D eigenvalue weighted by molar-refractivity contribution is 5.90. The molecule has 1 amide bonds. The molecule has 0 atom stereocenters. The lowest BCUT2D eigenvalue weighted by Gasteiger charge is -2.02. The smallest absolute Gasteiger partial charge is 0.246 e. The molecule has 1 saturated carbocycles. The number of aromatic nitrogens is 7. The Hall–Kier alpha value is -3.69. The van der Waals surface area contributed by atoms with Gasteiger partial charge in [0.1, 0.15) is 6.54 Å². The van der Waals surface area contributed by atoms with Crippen LogP contribution in [0.1, 0.15) is 18.9 Å². The summed E-state index contributed by atoms with van der Waals surface area (Å²) in [6, 6.07) is 4.26. The Labute approximate surface area is 153 Å². The van der Waals surface area contributed by atoms with Gasteiger partial charge in [0, 0.05) is 24.2 Å². The number of nitrogen functional groups attached to an aromatic ring is 1. The number of nitrogens with zero attached hydrogens (tertiary/aromatic N) is 7. The summed E-state index contributed by atoms with van der Waals surface area (Å²) in [5.41, 5.74) is 8.78. The van der Waals surface area contributed by atoms with Crippen LogP contribution in [0.4, 0.5) is 11.6 Å². The highest BCUT2D eigenvalue weighted by Gasteiger charge is 2.24. The monoisotopic (exact) mass is 363 g/mol. The molecule has 0 spiro atoms. The molecule has 4 heterocycles. The van der Waals surface area contributed by atoms with E-state index in [9.17, 15) is 4.79 Å². The molecule has 4 aromatic rings. The fourth-order valence-corrected chi connectivity index (χ4v) is 2.97. The predicted molar refractivity (Wildman–Crippen MR) is 97.7 cm³/mol. The molecule has 4 aromatic heterocycles. The first-order valence-corrected chi connectivity index (χ1v) is 8.63. The summed E-state index contributed by atoms with van der Waals surface area (Å²) in [6.07, 6.45) is 11.2. The van der Waals surface area contributed by atoms with Crippen molar-refractivity contribution in [3.8, 4) is 11.1 Å². The van der Waals surface area contributed by atoms with Gasteiger partial charge in [-0.15, -0.1) is 5.10 Å². The second kappa shape index (κ2) is 5.94. The van der Waals surface area contributed by atoms with Crippen LogP contribution in [0.5, 0.6) is 0 Å². The van der Waals surface area contributed by atoms with Gasteiger partial charge >= 0.3 is 0 Å². The first-order valence-electron chi connectivity index (χ1n) is 8.63. The standard InChI is InChI=1S/C17H17N9O/c18-17-22-15-5-11(3-4-25(15)23-17)12-6-19-24(8-12)10-16(27)21-13-7-20-26(9-13)14-1-2-14/h3-9,14H,1-2,10H2,(H2,18,23)(H,21,27). The van der Waals surface area contributed by atoms with Crippen LogP contribution in [0.2, 0.25) is 0 Å². The van der Waals surface area contributed by atoms with E-state index in [0.717, 1.165) is 24.0 Å². The summed E-state index contributed by atoms with van der Waals surface area (Å²) in [6.45, 7) is 0.120. The average molecular weight is 363 g/mol. The van der Waals surface area contributed by atoms with Crippen molar-refractivity contribution in [2.45, 2.75) is 25.4 Å². The number of rotatable bonds is 5. The van der Waals surface area contributed by atoms with Crippen LogP contribution in [-0.2, 0) is 11.3 Å². The van der Waals surface area contributed by atoms with Crippen molar-refractivity contribution in [1.29, 1.82) is 0 Å². The molecule has 10 heteroatoms. The van der Waals surface area contributed by atoms with E-state index in [1.807, 2.05) is 29.2 Å². The molecular weight excluding hydrogens is 346 g/mol. The average Bonchev–Trinajstić information content (AvgIpc) is 3.03. The minimum atomic E-state index is -0.152. The molecule has 3 N–H and O–H groups in total. The highest BCUT2D eigenvalue weighted by Crippen LogP contribution is 2.34. The molecule has 5 rings (SSSR count). The van der Waals surface area contributed by atoms with Crippen LogP contribution in [-0.4, -0.2) is 40.1 Å². The summed E-state index contributed by atoms with van der Waals surface area (Å²) in [7, 11) is 0. The van der Waals surface area contributed by atoms with Crippen LogP contribution >= 0.6 is 0 Å². The topological polar surface area (TPSA) is 121 Å². The zero-order chi connectivity index (χ0) is 18.4. The zero-order valence-electron chi connectivity index (χ0n) is 14.4. The van der Waals surface area contributed by atoms with Crippen molar-refractivity contribution < 1.29 is 4.79 Å². The first-order chi connectivity index (χ1) is 13.1. The summed E-state index contributed by atoms with van der Waals surface area (Å²) in [4.78, 5) is 16.4. The number of nitrogens with one attached hydrogen (secondary N) is 1. The number of hydrogen-bond donors (Lipinski definition) is 2. The first kappa shape index (κ1) is 15.6. The summed E-state index contributed by atoms with van der Waals surface area (Å²) in [5, 5.41) is 15.4. The number of nitrogens with two attached hydrogens (primary N) is 1. The number of pyridine rings is 1. The van der Waals surface area contributed by atoms with Crippen molar-refractivity contribution >= 4 is 23.2 Å². The lowest BCUT2D eigenvalue weighted by molar-refractivity contribution is -0.116. The second-order valence-corrected chi connectivity index (χ2v) is 6.60. The molecule has 1 aliphatic carbocycles. The molecule has 0 radical (unpaired) electrons. The Morgan fingerprint density at radius 2 is 2.11 bits per heavy atom. The Morgan fingerprint density at radius 1 is 1.22 bits per heavy atom. The lowest BCUT2D eigenvalue weighted by atomic mass is 10.1. The van der Waals surface area contributed by atoms with Gasteiger partial charge in [-0.05, 0) is 30.5 Å². The van der Waals surface area contributed by atoms with Gasteiger partial charge in [0.2, 0.25) is 11.9 Å². The van der Waals surface area contributed by atoms with E-state index >= 15 is 0 Å². The molecule has 0 unspecified atom stereocenters. The van der Waals surface area contributed by atoms with E-state index in [2.05, 4.69) is 25.6 Å². The molecule has 0 saturated heterocycles. The molecular formula is C17H17N9O. The van der Waals surface area contributed by atoms with Gasteiger partial charge in [-0.25, -0.2) is 4.52 Å². The van der Waals surface area contributed by atoms with Crippen molar-refractivity contribution in [3.05, 3.63) is 43.1 Å². The summed E-state index contributed by atoms with van der Waals surface area (Å²) < 4.78 is 5.10. The van der Waals surface area contributed by atoms with E-state index in [1.165, 1.54) is 0 Å². The molecule has 1 aliphatic rings. The van der Waals surface area contributed by atoms with E-state index in [1.54, 1.807) is 27.8 Å². The zero-order valence-corrected chi connectivity index (χ0v) is 14.4. The minimum Gasteiger partial charge on any atom is -0.366 e. The van der Waals surface area contributed by atoms with E-state index in [-0.39, 0.29) is 18.4 Å². The van der Waals surface area contributed by atoms with Crippen LogP contribution in [0, 0.1) is 0 Å². The fourth-order valence-electron chi connectivity index (χ4n) is 2.97. The van der Waals surface area contributed by atoms with Gasteiger partial charge in [0.15, 0.2) is 5.65 Å². The molecule has 10 nitrogen and oxygen atoms in total. The second-order valence-electron chi connectivity index (χ2n) is 6.60. The Balaban J connectivity index is 1.28. The van der Waals surface area contributed by atoms with E-state index in [4.69, 9.17) is 5.73 Å². The Morgan fingerprint density at radius 3 is 2.96 bits per heavy atom. The van der Waals surface area contributed by atoms with Gasteiger partial charge in [0.05, 0.1) is 24.1 Å². The molecule has 1 fully saturated rings. The minimum absolute atomic E-state index is 0.120. The van der Waals surface area contributed by atoms with Crippen molar-refractivity contribution in [3.63, 3.8) is 0 Å². The van der Waals surface area contributed by atoms with Crippen molar-refractivity contribution in [1.82, 2.24) is 34.2 Å². The molecule has 27 heavy (non-hydrogen) atoms.